The van der Waals surface area contributed by atoms with Crippen molar-refractivity contribution in [3.63, 3.8) is 0 Å². The van der Waals surface area contributed by atoms with Crippen LogP contribution in [0.1, 0.15) is 31.0 Å². The molecule has 0 aliphatic heterocycles. The molecule has 9 nitrogen and oxygen atoms in total. The third-order valence-corrected chi connectivity index (χ3v) is 4.14. The molecule has 5 N–H and O–H groups in total. The lowest BCUT2D eigenvalue weighted by atomic mass is 10.0. The van der Waals surface area contributed by atoms with Gasteiger partial charge < -0.3 is 35.6 Å². The Hall–Kier alpha value is -3.53. The van der Waals surface area contributed by atoms with E-state index in [1.807, 2.05) is 0 Å². The van der Waals surface area contributed by atoms with E-state index in [1.165, 1.54) is 6.07 Å². The molecule has 0 heterocycles. The zero-order valence-corrected chi connectivity index (χ0v) is 17.3. The Morgan fingerprint density at radius 1 is 1.16 bits per heavy atom. The number of nitrogens with one attached hydrogen (secondary N) is 1. The number of aliphatic hydroxyl groups excluding tert-OH is 1. The zero-order valence-electron chi connectivity index (χ0n) is 17.3. The van der Waals surface area contributed by atoms with Gasteiger partial charge in [0.1, 0.15) is 12.4 Å². The molecule has 0 saturated carbocycles. The lowest BCUT2D eigenvalue weighted by Gasteiger charge is -2.21. The van der Waals surface area contributed by atoms with E-state index in [9.17, 15) is 9.18 Å². The topological polar surface area (TPSA) is 136 Å². The molecule has 0 unspecified atom stereocenters. The van der Waals surface area contributed by atoms with Crippen molar-refractivity contribution in [1.29, 1.82) is 0 Å². The molecule has 168 valence electrons. The van der Waals surface area contributed by atoms with E-state index in [2.05, 4.69) is 10.5 Å². The predicted molar refractivity (Wildman–Crippen MR) is 112 cm³/mol. The number of amidine groups is 1. The number of ether oxygens (including phenoxy) is 3. The van der Waals surface area contributed by atoms with Gasteiger partial charge in [-0.3, -0.25) is 0 Å². The van der Waals surface area contributed by atoms with Crippen molar-refractivity contribution in [2.24, 2.45) is 10.9 Å². The van der Waals surface area contributed by atoms with Gasteiger partial charge in [-0.25, -0.2) is 9.18 Å². The number of rotatable bonds is 11. The first-order valence-electron chi connectivity index (χ1n) is 9.66. The summed E-state index contributed by atoms with van der Waals surface area (Å²) in [4.78, 5) is 12.6. The molecule has 0 aromatic heterocycles. The normalized spacial score (nSPS) is 12.2. The van der Waals surface area contributed by atoms with E-state index in [0.717, 1.165) is 6.07 Å². The number of carbonyl (C=O) groups excluding carboxylic acids is 1. The van der Waals surface area contributed by atoms with Gasteiger partial charge in [0.25, 0.3) is 0 Å². The number of hydrogen-bond donors (Lipinski definition) is 4. The van der Waals surface area contributed by atoms with E-state index in [-0.39, 0.29) is 49.3 Å². The maximum atomic E-state index is 15.0. The molecule has 0 fully saturated rings. The van der Waals surface area contributed by atoms with E-state index in [1.54, 1.807) is 38.1 Å². The number of carbonyl (C=O) groups is 1. The van der Waals surface area contributed by atoms with Crippen molar-refractivity contribution in [3.05, 3.63) is 53.3 Å². The average Bonchev–Trinajstić information content (AvgIpc) is 2.77. The number of anilines is 1. The maximum Gasteiger partial charge on any atom is 0.333 e. The second-order valence-electron chi connectivity index (χ2n) is 6.22. The number of nitrogens with zero attached hydrogens (tertiary/aromatic N) is 1. The van der Waals surface area contributed by atoms with Crippen molar-refractivity contribution in [3.8, 4) is 11.5 Å². The quantitative estimate of drug-likeness (QED) is 0.139. The molecule has 0 radical (unpaired) electrons. The number of oxime groups is 1. The molecule has 0 aliphatic carbocycles. The number of hydrogen-bond acceptors (Lipinski definition) is 8. The van der Waals surface area contributed by atoms with E-state index in [0.29, 0.717) is 11.3 Å². The molecule has 0 saturated heterocycles. The smallest absolute Gasteiger partial charge is 0.333 e. The van der Waals surface area contributed by atoms with Gasteiger partial charge in [0, 0.05) is 22.9 Å². The first-order chi connectivity index (χ1) is 14.9. The molecule has 0 bridgehead atoms. The third kappa shape index (κ3) is 6.22. The highest BCUT2D eigenvalue weighted by atomic mass is 19.1. The molecule has 1 atom stereocenters. The summed E-state index contributed by atoms with van der Waals surface area (Å²) in [5.74, 6) is -1.13. The second kappa shape index (κ2) is 11.6. The lowest BCUT2D eigenvalue weighted by Crippen LogP contribution is -2.25. The van der Waals surface area contributed by atoms with Crippen LogP contribution in [0.5, 0.6) is 11.5 Å². The van der Waals surface area contributed by atoms with Gasteiger partial charge >= 0.3 is 5.97 Å². The Kier molecular flexibility index (Phi) is 8.89. The van der Waals surface area contributed by atoms with E-state index >= 15 is 0 Å². The van der Waals surface area contributed by atoms with Gasteiger partial charge in [0.2, 0.25) is 0 Å². The molecule has 31 heavy (non-hydrogen) atoms. The largest absolute Gasteiger partial charge is 0.490 e. The lowest BCUT2D eigenvalue weighted by molar-refractivity contribution is -0.144. The number of nitrogens with two attached hydrogens (primary N) is 1. The summed E-state index contributed by atoms with van der Waals surface area (Å²) < 4.78 is 30.9. The molecular formula is C21H26FN3O6. The summed E-state index contributed by atoms with van der Waals surface area (Å²) in [5, 5.41) is 23.6. The number of esters is 1. The molecule has 10 heteroatoms. The van der Waals surface area contributed by atoms with Crippen LogP contribution in [-0.2, 0) is 9.53 Å². The van der Waals surface area contributed by atoms with Crippen molar-refractivity contribution in [2.75, 3.05) is 31.7 Å². The standard InChI is InChI=1S/C21H26FN3O6/c1-3-29-17-11-15(16(22)12-18(17)31-10-9-26)19(21(27)30-4-2)24-14-7-5-13(6-8-14)20(23)25-28/h5-8,11-12,19,24,26,28H,3-4,9-10H2,1-2H3,(H2,23,25)/t19-/m0/s1. The Morgan fingerprint density at radius 2 is 1.84 bits per heavy atom. The van der Waals surface area contributed by atoms with Crippen LogP contribution in [0.4, 0.5) is 10.1 Å². The highest BCUT2D eigenvalue weighted by molar-refractivity contribution is 5.97. The minimum absolute atomic E-state index is 0.00115. The molecule has 0 spiro atoms. The Bertz CT molecular complexity index is 905. The first kappa shape index (κ1) is 23.7. The van der Waals surface area contributed by atoms with Gasteiger partial charge in [0.05, 0.1) is 19.8 Å². The fraction of sp³-hybridized carbons (Fsp3) is 0.333. The SMILES string of the molecule is CCOC(=O)[C@@H](Nc1ccc(C(N)=NO)cc1)c1cc(OCC)c(OCCO)cc1F. The predicted octanol–water partition coefficient (Wildman–Crippen LogP) is 2.41. The fourth-order valence-corrected chi connectivity index (χ4v) is 2.76. The van der Waals surface area contributed by atoms with Crippen LogP contribution in [0.2, 0.25) is 0 Å². The number of halogens is 1. The van der Waals surface area contributed by atoms with Crippen molar-refractivity contribution >= 4 is 17.5 Å². The van der Waals surface area contributed by atoms with Crippen molar-refractivity contribution in [2.45, 2.75) is 19.9 Å². The second-order valence-corrected chi connectivity index (χ2v) is 6.22. The minimum Gasteiger partial charge on any atom is -0.490 e. The van der Waals surface area contributed by atoms with Gasteiger partial charge in [-0.2, -0.15) is 0 Å². The highest BCUT2D eigenvalue weighted by Gasteiger charge is 2.27. The molecule has 0 aliphatic rings. The summed E-state index contributed by atoms with van der Waals surface area (Å²) in [7, 11) is 0. The van der Waals surface area contributed by atoms with Crippen LogP contribution in [0.25, 0.3) is 0 Å². The highest BCUT2D eigenvalue weighted by Crippen LogP contribution is 2.34. The Labute approximate surface area is 179 Å². The van der Waals surface area contributed by atoms with Crippen LogP contribution in [0, 0.1) is 5.82 Å². The van der Waals surface area contributed by atoms with Crippen LogP contribution in [-0.4, -0.2) is 48.5 Å². The van der Waals surface area contributed by atoms with Gasteiger partial charge in [-0.15, -0.1) is 0 Å². The van der Waals surface area contributed by atoms with Crippen LogP contribution in [0.15, 0.2) is 41.6 Å². The van der Waals surface area contributed by atoms with Gasteiger partial charge in [0.15, 0.2) is 23.4 Å². The Morgan fingerprint density at radius 3 is 2.42 bits per heavy atom. The summed E-state index contributed by atoms with van der Waals surface area (Å²) in [6.07, 6.45) is 0. The monoisotopic (exact) mass is 435 g/mol. The van der Waals surface area contributed by atoms with Crippen LogP contribution in [0.3, 0.4) is 0 Å². The molecule has 0 amide bonds. The van der Waals surface area contributed by atoms with Crippen LogP contribution < -0.4 is 20.5 Å². The van der Waals surface area contributed by atoms with E-state index in [4.69, 9.17) is 30.3 Å². The van der Waals surface area contributed by atoms with Crippen molar-refractivity contribution in [1.82, 2.24) is 0 Å². The van der Waals surface area contributed by atoms with E-state index < -0.39 is 17.8 Å². The molecule has 2 aromatic carbocycles. The van der Waals surface area contributed by atoms with Crippen LogP contribution >= 0.6 is 0 Å². The summed E-state index contributed by atoms with van der Waals surface area (Å²) in [6, 6.07) is 7.64. The maximum absolute atomic E-state index is 15.0. The molecule has 2 aromatic rings. The summed E-state index contributed by atoms with van der Waals surface area (Å²) in [5.41, 5.74) is 6.50. The number of aliphatic hydroxyl groups is 1. The Balaban J connectivity index is 2.43. The summed E-state index contributed by atoms with van der Waals surface area (Å²) >= 11 is 0. The average molecular weight is 435 g/mol. The van der Waals surface area contributed by atoms with Gasteiger partial charge in [-0.05, 0) is 44.2 Å². The third-order valence-electron chi connectivity index (χ3n) is 4.14. The fourth-order valence-electron chi connectivity index (χ4n) is 2.76. The van der Waals surface area contributed by atoms with Gasteiger partial charge in [-0.1, -0.05) is 5.16 Å². The minimum atomic E-state index is -1.18. The summed E-state index contributed by atoms with van der Waals surface area (Å²) in [6.45, 7) is 3.51. The molecular weight excluding hydrogens is 409 g/mol. The number of benzene rings is 2. The zero-order chi connectivity index (χ0) is 22.8. The molecule has 2 rings (SSSR count). The van der Waals surface area contributed by atoms with Crippen molar-refractivity contribution < 1.29 is 33.7 Å². The first-order valence-corrected chi connectivity index (χ1v) is 9.66.